The van der Waals surface area contributed by atoms with Gasteiger partial charge in [0.25, 0.3) is 0 Å². The Morgan fingerprint density at radius 1 is 1.19 bits per heavy atom. The summed E-state index contributed by atoms with van der Waals surface area (Å²) in [4.78, 5) is 11.9. The lowest BCUT2D eigenvalue weighted by Crippen LogP contribution is -2.05. The number of nitrogens with zero attached hydrogens (tertiary/aromatic N) is 3. The summed E-state index contributed by atoms with van der Waals surface area (Å²) in [5.74, 6) is 0.390. The van der Waals surface area contributed by atoms with Gasteiger partial charge >= 0.3 is 6.18 Å². The summed E-state index contributed by atoms with van der Waals surface area (Å²) < 4.78 is 37.4. The van der Waals surface area contributed by atoms with Crippen molar-refractivity contribution in [3.05, 3.63) is 35.8 Å². The minimum absolute atomic E-state index is 0.390. The van der Waals surface area contributed by atoms with E-state index in [1.54, 1.807) is 0 Å². The number of halogens is 3. The molecule has 2 aromatic heterocycles. The highest BCUT2D eigenvalue weighted by molar-refractivity contribution is 7.99. The topological polar surface area (TPSA) is 64.7 Å². The van der Waals surface area contributed by atoms with Crippen LogP contribution >= 0.6 is 11.8 Å². The largest absolute Gasteiger partial charge is 0.417 e. The van der Waals surface area contributed by atoms with Crippen LogP contribution in [0.15, 0.2) is 34.7 Å². The Morgan fingerprint density at radius 2 is 1.95 bits per heavy atom. The Hall–Kier alpha value is -1.83. The summed E-state index contributed by atoms with van der Waals surface area (Å²) in [5, 5.41) is 1.05. The fourth-order valence-electron chi connectivity index (χ4n) is 1.69. The van der Waals surface area contributed by atoms with Gasteiger partial charge in [-0.25, -0.2) is 15.0 Å². The molecule has 0 radical (unpaired) electrons. The van der Waals surface area contributed by atoms with Crippen molar-refractivity contribution in [3.63, 3.8) is 0 Å². The molecule has 0 atom stereocenters. The number of alkyl halides is 3. The van der Waals surface area contributed by atoms with Gasteiger partial charge in [0.2, 0.25) is 0 Å². The molecule has 8 heteroatoms. The maximum Gasteiger partial charge on any atom is 0.417 e. The highest BCUT2D eigenvalue weighted by Gasteiger charge is 2.30. The zero-order chi connectivity index (χ0) is 15.5. The van der Waals surface area contributed by atoms with Crippen LogP contribution in [0.4, 0.5) is 19.0 Å². The van der Waals surface area contributed by atoms with Crippen LogP contribution < -0.4 is 5.73 Å². The molecule has 0 amide bonds. The minimum atomic E-state index is -4.39. The van der Waals surface area contributed by atoms with Gasteiger partial charge in [-0.15, -0.1) is 0 Å². The molecule has 2 N–H and O–H groups in total. The monoisotopic (exact) mass is 314 g/mol. The van der Waals surface area contributed by atoms with Crippen molar-refractivity contribution in [2.45, 2.75) is 36.0 Å². The van der Waals surface area contributed by atoms with E-state index in [4.69, 9.17) is 5.73 Å². The lowest BCUT2D eigenvalue weighted by Gasteiger charge is -2.09. The van der Waals surface area contributed by atoms with E-state index in [0.29, 0.717) is 22.3 Å². The average molecular weight is 314 g/mol. The third-order valence-electron chi connectivity index (χ3n) is 2.70. The fourth-order valence-corrected chi connectivity index (χ4v) is 2.56. The first kappa shape index (κ1) is 15.6. The molecular formula is C13H13F3N4S. The normalized spacial score (nSPS) is 11.6. The summed E-state index contributed by atoms with van der Waals surface area (Å²) in [6.07, 6.45) is -0.669. The van der Waals surface area contributed by atoms with Crippen LogP contribution in [0.2, 0.25) is 0 Å². The Bertz CT molecular complexity index is 614. The van der Waals surface area contributed by atoms with Crippen LogP contribution in [-0.2, 0) is 12.6 Å². The van der Waals surface area contributed by atoms with Gasteiger partial charge in [-0.1, -0.05) is 13.3 Å². The molecule has 0 aromatic carbocycles. The van der Waals surface area contributed by atoms with Gasteiger partial charge in [-0.3, -0.25) is 0 Å². The molecule has 0 bridgehead atoms. The molecular weight excluding hydrogens is 301 g/mol. The highest BCUT2D eigenvalue weighted by atomic mass is 32.2. The summed E-state index contributed by atoms with van der Waals surface area (Å²) in [6.45, 7) is 2.00. The van der Waals surface area contributed by atoms with E-state index < -0.39 is 11.7 Å². The number of nitrogen functional groups attached to an aromatic ring is 1. The summed E-state index contributed by atoms with van der Waals surface area (Å²) >= 11 is 1.18. The van der Waals surface area contributed by atoms with E-state index in [1.807, 2.05) is 6.92 Å². The maximum atomic E-state index is 12.5. The molecule has 0 aliphatic heterocycles. The first-order valence-corrected chi connectivity index (χ1v) is 7.04. The third-order valence-corrected chi connectivity index (χ3v) is 3.70. The summed E-state index contributed by atoms with van der Waals surface area (Å²) in [6, 6.07) is 2.32. The zero-order valence-corrected chi connectivity index (χ0v) is 12.0. The van der Waals surface area contributed by atoms with Crippen molar-refractivity contribution >= 4 is 17.6 Å². The Kier molecular flexibility index (Phi) is 4.66. The number of rotatable bonds is 4. The van der Waals surface area contributed by atoms with Crippen LogP contribution in [-0.4, -0.2) is 15.0 Å². The predicted octanol–water partition coefficient (Wildman–Crippen LogP) is 3.58. The summed E-state index contributed by atoms with van der Waals surface area (Å²) in [7, 11) is 0. The maximum absolute atomic E-state index is 12.5. The van der Waals surface area contributed by atoms with Crippen molar-refractivity contribution in [1.82, 2.24) is 15.0 Å². The molecule has 0 aliphatic carbocycles. The lowest BCUT2D eigenvalue weighted by molar-refractivity contribution is -0.137. The quantitative estimate of drug-likeness (QED) is 0.874. The standard InChI is InChI=1S/C13H13F3N4S/c1-2-3-9-11(17)19-7-20-12(9)21-10-5-4-8(6-18-10)13(14,15)16/h4-7H,2-3H2,1H3,(H2,17,19,20). The van der Waals surface area contributed by atoms with Crippen molar-refractivity contribution in [2.75, 3.05) is 5.73 Å². The Labute approximate surface area is 124 Å². The van der Waals surface area contributed by atoms with Gasteiger partial charge in [-0.2, -0.15) is 13.2 Å². The molecule has 4 nitrogen and oxygen atoms in total. The number of hydrogen-bond donors (Lipinski definition) is 1. The second kappa shape index (κ2) is 6.30. The fraction of sp³-hybridized carbons (Fsp3) is 0.308. The van der Waals surface area contributed by atoms with Crippen LogP contribution in [0.25, 0.3) is 0 Å². The van der Waals surface area contributed by atoms with Crippen molar-refractivity contribution in [1.29, 1.82) is 0 Å². The molecule has 0 unspecified atom stereocenters. The molecule has 0 aliphatic rings. The van der Waals surface area contributed by atoms with E-state index in [1.165, 1.54) is 24.2 Å². The van der Waals surface area contributed by atoms with E-state index in [2.05, 4.69) is 15.0 Å². The number of hydrogen-bond acceptors (Lipinski definition) is 5. The average Bonchev–Trinajstić information content (AvgIpc) is 2.42. The van der Waals surface area contributed by atoms with Crippen LogP contribution in [0, 0.1) is 0 Å². The van der Waals surface area contributed by atoms with Crippen LogP contribution in [0.3, 0.4) is 0 Å². The van der Waals surface area contributed by atoms with Gasteiger partial charge in [-0.05, 0) is 30.3 Å². The molecule has 21 heavy (non-hydrogen) atoms. The van der Waals surface area contributed by atoms with Crippen molar-refractivity contribution in [3.8, 4) is 0 Å². The third kappa shape index (κ3) is 3.84. The zero-order valence-electron chi connectivity index (χ0n) is 11.2. The molecule has 0 saturated carbocycles. The van der Waals surface area contributed by atoms with E-state index >= 15 is 0 Å². The van der Waals surface area contributed by atoms with Gasteiger partial charge in [0.05, 0.1) is 5.56 Å². The number of pyridine rings is 1. The molecule has 112 valence electrons. The number of nitrogens with two attached hydrogens (primary N) is 1. The molecule has 2 heterocycles. The van der Waals surface area contributed by atoms with Gasteiger partial charge < -0.3 is 5.73 Å². The van der Waals surface area contributed by atoms with Crippen molar-refractivity contribution < 1.29 is 13.2 Å². The van der Waals surface area contributed by atoms with Gasteiger partial charge in [0.15, 0.2) is 0 Å². The molecule has 2 rings (SSSR count). The lowest BCUT2D eigenvalue weighted by atomic mass is 10.2. The highest BCUT2D eigenvalue weighted by Crippen LogP contribution is 2.33. The van der Waals surface area contributed by atoms with Crippen molar-refractivity contribution in [2.24, 2.45) is 0 Å². The van der Waals surface area contributed by atoms with E-state index in [0.717, 1.165) is 24.2 Å². The Balaban J connectivity index is 2.24. The SMILES string of the molecule is CCCc1c(N)ncnc1Sc1ccc(C(F)(F)F)cn1. The Morgan fingerprint density at radius 3 is 2.52 bits per heavy atom. The first-order valence-electron chi connectivity index (χ1n) is 6.22. The predicted molar refractivity (Wildman–Crippen MR) is 73.8 cm³/mol. The molecule has 0 spiro atoms. The second-order valence-electron chi connectivity index (χ2n) is 4.28. The number of anilines is 1. The minimum Gasteiger partial charge on any atom is -0.383 e. The van der Waals surface area contributed by atoms with E-state index in [-0.39, 0.29) is 0 Å². The van der Waals surface area contributed by atoms with Gasteiger partial charge in [0.1, 0.15) is 22.2 Å². The molecule has 0 saturated heterocycles. The molecule has 2 aromatic rings. The molecule has 0 fully saturated rings. The first-order chi connectivity index (χ1) is 9.91. The number of aromatic nitrogens is 3. The van der Waals surface area contributed by atoms with Crippen LogP contribution in [0.1, 0.15) is 24.5 Å². The van der Waals surface area contributed by atoms with E-state index in [9.17, 15) is 13.2 Å². The smallest absolute Gasteiger partial charge is 0.383 e. The van der Waals surface area contributed by atoms with Gasteiger partial charge in [0, 0.05) is 11.8 Å². The second-order valence-corrected chi connectivity index (χ2v) is 5.29. The summed E-state index contributed by atoms with van der Waals surface area (Å²) in [5.41, 5.74) is 5.83. The van der Waals surface area contributed by atoms with Crippen LogP contribution in [0.5, 0.6) is 0 Å².